The van der Waals surface area contributed by atoms with Gasteiger partial charge in [0.05, 0.1) is 23.8 Å². The number of ether oxygens (including phenoxy) is 1. The van der Waals surface area contributed by atoms with Gasteiger partial charge in [-0.2, -0.15) is 4.98 Å². The zero-order chi connectivity index (χ0) is 26.9. The standard InChI is InChI=1S/C26H24N4O3.C2H4O2/c1-5-17(4)23-22(6-2)27-25(32-7-3)30(23)16-18-12-14-19(15-13-18)20-10-8-9-11-21(20)24-28-26(31)33-29-24;1-2(3)4/h1,6,8-15H,7,16H2,2-4H3,(H,28,29,31);1H3,(H,3,4)/b22-6+,23-17+;. The molecule has 0 aliphatic carbocycles. The van der Waals surface area contributed by atoms with Gasteiger partial charge in [0.1, 0.15) is 0 Å². The van der Waals surface area contributed by atoms with Gasteiger partial charge in [-0.25, -0.2) is 4.79 Å². The Morgan fingerprint density at radius 2 is 1.84 bits per heavy atom. The third-order valence-electron chi connectivity index (χ3n) is 5.31. The second kappa shape index (κ2) is 12.2. The van der Waals surface area contributed by atoms with Crippen LogP contribution in [0, 0.1) is 12.3 Å². The van der Waals surface area contributed by atoms with Gasteiger partial charge in [-0.05, 0) is 37.5 Å². The number of carboxylic acids is 1. The van der Waals surface area contributed by atoms with Crippen LogP contribution in [0.3, 0.4) is 0 Å². The van der Waals surface area contributed by atoms with Crippen LogP contribution in [0.2, 0.25) is 0 Å². The topological polar surface area (TPSA) is 123 Å². The molecule has 0 bridgehead atoms. The highest BCUT2D eigenvalue weighted by Gasteiger charge is 2.13. The molecule has 0 radical (unpaired) electrons. The summed E-state index contributed by atoms with van der Waals surface area (Å²) in [5.41, 5.74) is 4.58. The predicted molar refractivity (Wildman–Crippen MR) is 141 cm³/mol. The van der Waals surface area contributed by atoms with Crippen molar-refractivity contribution < 1.29 is 19.2 Å². The van der Waals surface area contributed by atoms with Crippen LogP contribution in [0.15, 0.2) is 57.8 Å². The van der Waals surface area contributed by atoms with Crippen LogP contribution in [-0.4, -0.2) is 37.4 Å². The van der Waals surface area contributed by atoms with E-state index in [9.17, 15) is 4.79 Å². The van der Waals surface area contributed by atoms with Crippen LogP contribution in [0.25, 0.3) is 34.2 Å². The number of nitrogens with one attached hydrogen (secondary N) is 1. The van der Waals surface area contributed by atoms with Crippen LogP contribution in [0.4, 0.5) is 0 Å². The number of benzene rings is 2. The fourth-order valence-electron chi connectivity index (χ4n) is 3.76. The van der Waals surface area contributed by atoms with Crippen molar-refractivity contribution in [1.82, 2.24) is 19.7 Å². The van der Waals surface area contributed by atoms with Gasteiger partial charge < -0.3 is 9.84 Å². The van der Waals surface area contributed by atoms with Gasteiger partial charge in [0.2, 0.25) is 0 Å². The number of carboxylic acid groups (broad SMARTS) is 1. The monoisotopic (exact) mass is 500 g/mol. The molecule has 9 heteroatoms. The molecular formula is C28H28N4O5. The first kappa shape index (κ1) is 26.8. The lowest BCUT2D eigenvalue weighted by molar-refractivity contribution is -0.134. The van der Waals surface area contributed by atoms with E-state index < -0.39 is 11.7 Å². The van der Waals surface area contributed by atoms with Crippen molar-refractivity contribution in [2.24, 2.45) is 0 Å². The Labute approximate surface area is 213 Å². The zero-order valence-corrected chi connectivity index (χ0v) is 21.1. The van der Waals surface area contributed by atoms with E-state index in [-0.39, 0.29) is 0 Å². The van der Waals surface area contributed by atoms with Crippen LogP contribution in [0.1, 0.15) is 33.3 Å². The summed E-state index contributed by atoms with van der Waals surface area (Å²) in [4.78, 5) is 27.6. The van der Waals surface area contributed by atoms with E-state index in [4.69, 9.17) is 21.1 Å². The molecule has 4 aromatic rings. The number of imidazole rings is 1. The number of rotatable bonds is 6. The lowest BCUT2D eigenvalue weighted by Crippen LogP contribution is -2.32. The van der Waals surface area contributed by atoms with E-state index in [0.29, 0.717) is 25.0 Å². The van der Waals surface area contributed by atoms with E-state index in [0.717, 1.165) is 45.4 Å². The van der Waals surface area contributed by atoms with Crippen molar-refractivity contribution in [2.75, 3.05) is 6.61 Å². The van der Waals surface area contributed by atoms with Crippen LogP contribution in [0.5, 0.6) is 6.01 Å². The summed E-state index contributed by atoms with van der Waals surface area (Å²) in [6.45, 7) is 7.92. The van der Waals surface area contributed by atoms with Gasteiger partial charge >= 0.3 is 5.76 Å². The van der Waals surface area contributed by atoms with Crippen molar-refractivity contribution in [3.8, 4) is 40.9 Å². The summed E-state index contributed by atoms with van der Waals surface area (Å²) in [5.74, 6) is 1.71. The zero-order valence-electron chi connectivity index (χ0n) is 21.1. The Morgan fingerprint density at radius 3 is 2.38 bits per heavy atom. The maximum Gasteiger partial charge on any atom is 0.439 e. The summed E-state index contributed by atoms with van der Waals surface area (Å²) in [6, 6.07) is 16.4. The summed E-state index contributed by atoms with van der Waals surface area (Å²) in [6.07, 6.45) is 7.64. The van der Waals surface area contributed by atoms with E-state index in [2.05, 4.69) is 37.7 Å². The summed E-state index contributed by atoms with van der Waals surface area (Å²) >= 11 is 0. The fraction of sp³-hybridized carbons (Fsp3) is 0.214. The largest absolute Gasteiger partial charge is 0.481 e. The Balaban J connectivity index is 0.000000886. The smallest absolute Gasteiger partial charge is 0.439 e. The minimum Gasteiger partial charge on any atom is -0.481 e. The van der Waals surface area contributed by atoms with Crippen molar-refractivity contribution in [1.29, 1.82) is 0 Å². The molecule has 0 saturated heterocycles. The molecule has 0 unspecified atom stereocenters. The molecule has 0 spiro atoms. The first-order valence-corrected chi connectivity index (χ1v) is 11.6. The first-order valence-electron chi connectivity index (χ1n) is 11.6. The van der Waals surface area contributed by atoms with Crippen molar-refractivity contribution in [3.05, 3.63) is 75.3 Å². The molecule has 2 aromatic heterocycles. The maximum atomic E-state index is 11.4. The molecule has 0 amide bonds. The molecule has 2 aromatic carbocycles. The average molecular weight is 501 g/mol. The average Bonchev–Trinajstić information content (AvgIpc) is 3.47. The molecular weight excluding hydrogens is 472 g/mol. The molecule has 2 N–H and O–H groups in total. The third-order valence-corrected chi connectivity index (χ3v) is 5.31. The highest BCUT2D eigenvalue weighted by molar-refractivity contribution is 5.80. The molecule has 0 saturated carbocycles. The van der Waals surface area contributed by atoms with Gasteiger partial charge in [-0.15, -0.1) is 6.42 Å². The van der Waals surface area contributed by atoms with E-state index in [1.807, 2.05) is 67.8 Å². The van der Waals surface area contributed by atoms with E-state index in [1.54, 1.807) is 0 Å². The highest BCUT2D eigenvalue weighted by Crippen LogP contribution is 2.29. The molecule has 4 rings (SSSR count). The van der Waals surface area contributed by atoms with Crippen LogP contribution >= 0.6 is 0 Å². The van der Waals surface area contributed by atoms with Crippen molar-refractivity contribution in [2.45, 2.75) is 34.2 Å². The van der Waals surface area contributed by atoms with Crippen molar-refractivity contribution in [3.63, 3.8) is 0 Å². The number of terminal acetylenes is 1. The normalized spacial score (nSPS) is 11.8. The maximum absolute atomic E-state index is 11.4. The quantitative estimate of drug-likeness (QED) is 0.390. The number of aliphatic carboxylic acids is 1. The summed E-state index contributed by atoms with van der Waals surface area (Å²) in [7, 11) is 0. The second-order valence-electron chi connectivity index (χ2n) is 7.91. The Bertz CT molecular complexity index is 1600. The number of aromatic amines is 1. The molecule has 0 aliphatic rings. The second-order valence-corrected chi connectivity index (χ2v) is 7.91. The Hall–Kier alpha value is -4.84. The van der Waals surface area contributed by atoms with E-state index in [1.165, 1.54) is 0 Å². The number of nitrogens with zero attached hydrogens (tertiary/aromatic N) is 3. The van der Waals surface area contributed by atoms with Crippen LogP contribution < -0.4 is 21.2 Å². The van der Waals surface area contributed by atoms with Gasteiger partial charge in [-0.1, -0.05) is 65.7 Å². The number of carbonyl (C=O) groups is 1. The molecule has 37 heavy (non-hydrogen) atoms. The predicted octanol–water partition coefficient (Wildman–Crippen LogP) is 3.04. The Morgan fingerprint density at radius 1 is 1.19 bits per heavy atom. The molecule has 9 nitrogen and oxygen atoms in total. The molecule has 0 fully saturated rings. The molecule has 0 aliphatic heterocycles. The lowest BCUT2D eigenvalue weighted by atomic mass is 9.98. The summed E-state index contributed by atoms with van der Waals surface area (Å²) in [5, 5.41) is 12.9. The number of hydrogen-bond donors (Lipinski definition) is 2. The SMILES string of the molecule is C#C/C(C)=c1\c(=C/C)nc(OCC)n1Cc1ccc(-c2ccccc2-c2noc(=O)[nH]2)cc1.CC(=O)O. The lowest BCUT2D eigenvalue weighted by Gasteiger charge is -2.11. The fourth-order valence-corrected chi connectivity index (χ4v) is 3.76. The van der Waals surface area contributed by atoms with Gasteiger partial charge in [0, 0.05) is 18.1 Å². The summed E-state index contributed by atoms with van der Waals surface area (Å²) < 4.78 is 12.5. The minimum absolute atomic E-state index is 0.396. The van der Waals surface area contributed by atoms with E-state index >= 15 is 0 Å². The number of aromatic nitrogens is 4. The van der Waals surface area contributed by atoms with Crippen molar-refractivity contribution >= 4 is 17.6 Å². The third kappa shape index (κ3) is 6.44. The molecule has 190 valence electrons. The first-order chi connectivity index (χ1) is 17.8. The Kier molecular flexibility index (Phi) is 8.84. The number of hydrogen-bond acceptors (Lipinski definition) is 6. The van der Waals surface area contributed by atoms with Crippen LogP contribution in [-0.2, 0) is 11.3 Å². The number of H-pyrrole nitrogens is 1. The van der Waals surface area contributed by atoms with Gasteiger partial charge in [0.25, 0.3) is 12.0 Å². The van der Waals surface area contributed by atoms with Gasteiger partial charge in [0.15, 0.2) is 5.82 Å². The van der Waals surface area contributed by atoms with Gasteiger partial charge in [-0.3, -0.25) is 18.9 Å². The molecule has 0 atom stereocenters. The highest BCUT2D eigenvalue weighted by atomic mass is 16.5. The molecule has 2 heterocycles. The minimum atomic E-state index is -0.833.